The molecule has 0 aliphatic rings. The molecule has 2 aromatic heterocycles. The van der Waals surface area contributed by atoms with Gasteiger partial charge in [-0.2, -0.15) is 18.3 Å². The van der Waals surface area contributed by atoms with E-state index in [1.54, 1.807) is 0 Å². The Labute approximate surface area is 110 Å². The highest BCUT2D eigenvalue weighted by Crippen LogP contribution is 2.29. The number of hydrogen-bond donors (Lipinski definition) is 0. The standard InChI is InChI=1S/C10H6Cl2F3N3/c11-3-8-7(12)1-2-9(17-8)18-5-6(4-16-18)10(13,14)15/h1-2,4-5H,3H2. The fraction of sp³-hybridized carbons (Fsp3) is 0.200. The number of aromatic nitrogens is 3. The fourth-order valence-corrected chi connectivity index (χ4v) is 1.73. The van der Waals surface area contributed by atoms with Gasteiger partial charge in [-0.3, -0.25) is 0 Å². The summed E-state index contributed by atoms with van der Waals surface area (Å²) in [6.45, 7) is 0. The molecule has 2 aromatic rings. The zero-order valence-electron chi connectivity index (χ0n) is 8.75. The zero-order valence-corrected chi connectivity index (χ0v) is 10.3. The summed E-state index contributed by atoms with van der Waals surface area (Å²) in [6.07, 6.45) is -2.84. The van der Waals surface area contributed by atoms with Crippen LogP contribution in [0.2, 0.25) is 5.02 Å². The van der Waals surface area contributed by atoms with E-state index in [1.165, 1.54) is 12.1 Å². The summed E-state index contributed by atoms with van der Waals surface area (Å²) < 4.78 is 38.3. The van der Waals surface area contributed by atoms with E-state index < -0.39 is 11.7 Å². The Morgan fingerprint density at radius 2 is 2.00 bits per heavy atom. The van der Waals surface area contributed by atoms with Crippen LogP contribution in [-0.2, 0) is 12.1 Å². The second-order valence-corrected chi connectivity index (χ2v) is 4.08. The Kier molecular flexibility index (Phi) is 3.49. The first-order valence-electron chi connectivity index (χ1n) is 4.75. The maximum absolute atomic E-state index is 12.4. The van der Waals surface area contributed by atoms with Gasteiger partial charge in [0.05, 0.1) is 28.4 Å². The molecule has 2 heterocycles. The van der Waals surface area contributed by atoms with Gasteiger partial charge in [0, 0.05) is 6.20 Å². The molecular formula is C10H6Cl2F3N3. The fourth-order valence-electron chi connectivity index (χ4n) is 1.29. The molecule has 0 saturated heterocycles. The van der Waals surface area contributed by atoms with Crippen molar-refractivity contribution in [2.45, 2.75) is 12.1 Å². The number of halogens is 5. The molecule has 0 aliphatic carbocycles. The molecule has 96 valence electrons. The molecule has 8 heteroatoms. The smallest absolute Gasteiger partial charge is 0.231 e. The Hall–Kier alpha value is -1.27. The van der Waals surface area contributed by atoms with Gasteiger partial charge in [-0.25, -0.2) is 9.67 Å². The van der Waals surface area contributed by atoms with Crippen molar-refractivity contribution in [2.75, 3.05) is 0 Å². The molecule has 0 radical (unpaired) electrons. The molecule has 0 aromatic carbocycles. The Balaban J connectivity index is 2.40. The van der Waals surface area contributed by atoms with Gasteiger partial charge < -0.3 is 0 Å². The monoisotopic (exact) mass is 295 g/mol. The van der Waals surface area contributed by atoms with Crippen LogP contribution < -0.4 is 0 Å². The normalized spacial score (nSPS) is 11.8. The largest absolute Gasteiger partial charge is 0.419 e. The predicted molar refractivity (Wildman–Crippen MR) is 60.9 cm³/mol. The third-order valence-corrected chi connectivity index (χ3v) is 2.77. The van der Waals surface area contributed by atoms with Gasteiger partial charge in [0.25, 0.3) is 0 Å². The number of alkyl halides is 4. The number of pyridine rings is 1. The number of rotatable bonds is 2. The summed E-state index contributed by atoms with van der Waals surface area (Å²) in [7, 11) is 0. The van der Waals surface area contributed by atoms with E-state index in [1.807, 2.05) is 0 Å². The lowest BCUT2D eigenvalue weighted by molar-refractivity contribution is -0.137. The van der Waals surface area contributed by atoms with Crippen LogP contribution in [0.15, 0.2) is 24.5 Å². The second kappa shape index (κ2) is 4.78. The highest BCUT2D eigenvalue weighted by Gasteiger charge is 2.32. The van der Waals surface area contributed by atoms with Crippen LogP contribution in [-0.4, -0.2) is 14.8 Å². The molecule has 0 aliphatic heterocycles. The van der Waals surface area contributed by atoms with Gasteiger partial charge in [-0.15, -0.1) is 11.6 Å². The first-order valence-corrected chi connectivity index (χ1v) is 5.66. The number of hydrogen-bond acceptors (Lipinski definition) is 2. The Morgan fingerprint density at radius 1 is 1.28 bits per heavy atom. The minimum atomic E-state index is -4.43. The third kappa shape index (κ3) is 2.59. The van der Waals surface area contributed by atoms with Crippen molar-refractivity contribution in [3.63, 3.8) is 0 Å². The first-order chi connectivity index (χ1) is 8.41. The van der Waals surface area contributed by atoms with E-state index in [0.717, 1.165) is 17.1 Å². The molecule has 0 atom stereocenters. The SMILES string of the molecule is FC(F)(F)c1cnn(-c2ccc(Cl)c(CCl)n2)c1. The second-order valence-electron chi connectivity index (χ2n) is 3.40. The summed E-state index contributed by atoms with van der Waals surface area (Å²) in [6, 6.07) is 2.97. The van der Waals surface area contributed by atoms with E-state index in [-0.39, 0.29) is 11.7 Å². The molecule has 18 heavy (non-hydrogen) atoms. The van der Waals surface area contributed by atoms with Gasteiger partial charge in [0.2, 0.25) is 0 Å². The van der Waals surface area contributed by atoms with Crippen molar-refractivity contribution in [2.24, 2.45) is 0 Å². The van der Waals surface area contributed by atoms with E-state index in [9.17, 15) is 13.2 Å². The highest BCUT2D eigenvalue weighted by atomic mass is 35.5. The van der Waals surface area contributed by atoms with Crippen molar-refractivity contribution in [3.05, 3.63) is 40.8 Å². The lowest BCUT2D eigenvalue weighted by Gasteiger charge is -2.04. The quantitative estimate of drug-likeness (QED) is 0.791. The molecule has 0 spiro atoms. The topological polar surface area (TPSA) is 30.7 Å². The van der Waals surface area contributed by atoms with Crippen LogP contribution in [0.4, 0.5) is 13.2 Å². The lowest BCUT2D eigenvalue weighted by Crippen LogP contribution is -2.04. The molecule has 0 unspecified atom stereocenters. The third-order valence-electron chi connectivity index (χ3n) is 2.18. The van der Waals surface area contributed by atoms with Crippen molar-refractivity contribution >= 4 is 23.2 Å². The maximum Gasteiger partial charge on any atom is 0.419 e. The van der Waals surface area contributed by atoms with Crippen LogP contribution >= 0.6 is 23.2 Å². The van der Waals surface area contributed by atoms with Crippen LogP contribution in [0.3, 0.4) is 0 Å². The van der Waals surface area contributed by atoms with Gasteiger partial charge in [-0.05, 0) is 12.1 Å². The van der Waals surface area contributed by atoms with E-state index in [0.29, 0.717) is 10.7 Å². The zero-order chi connectivity index (χ0) is 13.3. The van der Waals surface area contributed by atoms with Crippen molar-refractivity contribution in [1.82, 2.24) is 14.8 Å². The summed E-state index contributed by atoms with van der Waals surface area (Å²) in [4.78, 5) is 4.03. The van der Waals surface area contributed by atoms with Gasteiger partial charge in [0.15, 0.2) is 5.82 Å². The highest BCUT2D eigenvalue weighted by molar-refractivity contribution is 6.32. The summed E-state index contributed by atoms with van der Waals surface area (Å²) >= 11 is 11.4. The van der Waals surface area contributed by atoms with Gasteiger partial charge >= 0.3 is 6.18 Å². The summed E-state index contributed by atoms with van der Waals surface area (Å²) in [5, 5.41) is 3.96. The summed E-state index contributed by atoms with van der Waals surface area (Å²) in [5.74, 6) is 0.297. The molecule has 0 amide bonds. The summed E-state index contributed by atoms with van der Waals surface area (Å²) in [5.41, 5.74) is -0.452. The molecule has 0 N–H and O–H groups in total. The molecule has 0 bridgehead atoms. The van der Waals surface area contributed by atoms with Crippen LogP contribution in [0.25, 0.3) is 5.82 Å². The first kappa shape index (κ1) is 13.2. The van der Waals surface area contributed by atoms with E-state index in [2.05, 4.69) is 10.1 Å². The molecule has 0 saturated carbocycles. The molecule has 0 fully saturated rings. The van der Waals surface area contributed by atoms with Gasteiger partial charge in [-0.1, -0.05) is 11.6 Å². The van der Waals surface area contributed by atoms with Gasteiger partial charge in [0.1, 0.15) is 0 Å². The predicted octanol–water partition coefficient (Wildman–Crippen LogP) is 3.68. The minimum absolute atomic E-state index is 0.0695. The van der Waals surface area contributed by atoms with Crippen LogP contribution in [0.5, 0.6) is 0 Å². The average Bonchev–Trinajstić information content (AvgIpc) is 2.78. The maximum atomic E-state index is 12.4. The van der Waals surface area contributed by atoms with Crippen LogP contribution in [0, 0.1) is 0 Å². The Morgan fingerprint density at radius 3 is 2.56 bits per heavy atom. The molecule has 2 rings (SSSR count). The number of nitrogens with zero attached hydrogens (tertiary/aromatic N) is 3. The minimum Gasteiger partial charge on any atom is -0.231 e. The van der Waals surface area contributed by atoms with E-state index in [4.69, 9.17) is 23.2 Å². The lowest BCUT2D eigenvalue weighted by atomic mass is 10.3. The van der Waals surface area contributed by atoms with Crippen molar-refractivity contribution in [1.29, 1.82) is 0 Å². The average molecular weight is 296 g/mol. The van der Waals surface area contributed by atoms with E-state index >= 15 is 0 Å². The van der Waals surface area contributed by atoms with Crippen molar-refractivity contribution in [3.8, 4) is 5.82 Å². The Bertz CT molecular complexity index is 566. The van der Waals surface area contributed by atoms with Crippen molar-refractivity contribution < 1.29 is 13.2 Å². The molecular weight excluding hydrogens is 290 g/mol. The van der Waals surface area contributed by atoms with Crippen LogP contribution in [0.1, 0.15) is 11.3 Å². The molecule has 3 nitrogen and oxygen atoms in total.